The molecule has 0 aromatic heterocycles. The highest BCUT2D eigenvalue weighted by Gasteiger charge is 2.44. The molecule has 0 saturated carbocycles. The Morgan fingerprint density at radius 1 is 1.42 bits per heavy atom. The molecule has 0 bridgehead atoms. The van der Waals surface area contributed by atoms with Crippen molar-refractivity contribution >= 4 is 5.97 Å². The summed E-state index contributed by atoms with van der Waals surface area (Å²) in [5.41, 5.74) is -0.865. The Bertz CT molecular complexity index is 566. The molecule has 0 unspecified atom stereocenters. The third-order valence-electron chi connectivity index (χ3n) is 3.56. The Labute approximate surface area is 109 Å². The smallest absolute Gasteiger partial charge is 0.320 e. The van der Waals surface area contributed by atoms with Gasteiger partial charge in [0, 0.05) is 6.42 Å². The molecule has 0 radical (unpaired) electrons. The number of ether oxygens (including phenoxy) is 1. The summed E-state index contributed by atoms with van der Waals surface area (Å²) in [6.07, 6.45) is 1.93. The average Bonchev–Trinajstić information content (AvgIpc) is 2.78. The number of carbonyl (C=O) groups is 1. The highest BCUT2D eigenvalue weighted by atomic mass is 19.2. The molecule has 1 aliphatic carbocycles. The summed E-state index contributed by atoms with van der Waals surface area (Å²) < 4.78 is 31.6. The van der Waals surface area contributed by atoms with Crippen LogP contribution in [0.3, 0.4) is 0 Å². The van der Waals surface area contributed by atoms with Gasteiger partial charge < -0.3 is 9.84 Å². The zero-order valence-electron chi connectivity index (χ0n) is 10.7. The van der Waals surface area contributed by atoms with Crippen LogP contribution in [0.5, 0.6) is 0 Å². The highest BCUT2D eigenvalue weighted by Crippen LogP contribution is 2.41. The Morgan fingerprint density at radius 3 is 2.63 bits per heavy atom. The summed E-state index contributed by atoms with van der Waals surface area (Å²) in [4.78, 5) is 12.0. The summed E-state index contributed by atoms with van der Waals surface area (Å²) in [6, 6.07) is 2.34. The molecule has 1 aliphatic rings. The Morgan fingerprint density at radius 2 is 2.11 bits per heavy atom. The molecule has 0 saturated heterocycles. The summed E-state index contributed by atoms with van der Waals surface area (Å²) in [6.45, 7) is 1.40. The number of esters is 1. The van der Waals surface area contributed by atoms with Gasteiger partial charge >= 0.3 is 5.97 Å². The molecule has 0 fully saturated rings. The van der Waals surface area contributed by atoms with E-state index < -0.39 is 23.0 Å². The van der Waals surface area contributed by atoms with Crippen LogP contribution in [0.2, 0.25) is 0 Å². The fourth-order valence-electron chi connectivity index (χ4n) is 2.55. The number of benzene rings is 1. The maximum atomic E-state index is 13.7. The molecular formula is C14H14F2O3. The minimum atomic E-state index is -1.24. The number of halogens is 2. The van der Waals surface area contributed by atoms with Crippen LogP contribution < -0.4 is 0 Å². The van der Waals surface area contributed by atoms with Crippen molar-refractivity contribution in [1.29, 1.82) is 0 Å². The lowest BCUT2D eigenvalue weighted by Crippen LogP contribution is -2.34. The summed E-state index contributed by atoms with van der Waals surface area (Å²) in [5.74, 6) is -2.49. The number of allylic oxidation sites excluding steroid dienone is 1. The van der Waals surface area contributed by atoms with Gasteiger partial charge in [-0.1, -0.05) is 6.07 Å². The van der Waals surface area contributed by atoms with E-state index in [4.69, 9.17) is 4.74 Å². The first-order valence-corrected chi connectivity index (χ1v) is 5.86. The highest BCUT2D eigenvalue weighted by molar-refractivity contribution is 5.87. The summed E-state index contributed by atoms with van der Waals surface area (Å²) >= 11 is 0. The summed E-state index contributed by atoms with van der Waals surface area (Å²) in [5, 5.41) is 9.57. The van der Waals surface area contributed by atoms with Gasteiger partial charge in [0.15, 0.2) is 11.6 Å². The van der Waals surface area contributed by atoms with E-state index in [0.29, 0.717) is 12.0 Å². The number of carbonyl (C=O) groups excluding carboxylic acids is 1. The van der Waals surface area contributed by atoms with Crippen LogP contribution in [-0.4, -0.2) is 18.2 Å². The van der Waals surface area contributed by atoms with Gasteiger partial charge in [-0.15, -0.1) is 0 Å². The molecule has 0 aliphatic heterocycles. The van der Waals surface area contributed by atoms with Crippen molar-refractivity contribution in [2.75, 3.05) is 7.11 Å². The quantitative estimate of drug-likeness (QED) is 0.839. The summed E-state index contributed by atoms with van der Waals surface area (Å²) in [7, 11) is 1.22. The van der Waals surface area contributed by atoms with Crippen molar-refractivity contribution in [2.45, 2.75) is 25.2 Å². The normalized spacial score (nSPS) is 22.2. The average molecular weight is 268 g/mol. The van der Waals surface area contributed by atoms with E-state index in [2.05, 4.69) is 0 Å². The van der Waals surface area contributed by atoms with Crippen LogP contribution in [0.25, 0.3) is 0 Å². The van der Waals surface area contributed by atoms with E-state index in [1.807, 2.05) is 0 Å². The largest absolute Gasteiger partial charge is 0.513 e. The second kappa shape index (κ2) is 4.64. The monoisotopic (exact) mass is 268 g/mol. The lowest BCUT2D eigenvalue weighted by molar-refractivity contribution is -0.145. The molecule has 0 spiro atoms. The van der Waals surface area contributed by atoms with Gasteiger partial charge in [-0.3, -0.25) is 4.79 Å². The van der Waals surface area contributed by atoms with Crippen LogP contribution in [0.15, 0.2) is 24.0 Å². The molecule has 1 atom stereocenters. The van der Waals surface area contributed by atoms with Gasteiger partial charge in [-0.05, 0) is 36.6 Å². The first-order valence-electron chi connectivity index (χ1n) is 5.86. The van der Waals surface area contributed by atoms with E-state index in [1.54, 1.807) is 0 Å². The van der Waals surface area contributed by atoms with E-state index in [0.717, 1.165) is 6.07 Å². The van der Waals surface area contributed by atoms with Gasteiger partial charge in [0.05, 0.1) is 12.9 Å². The lowest BCUT2D eigenvalue weighted by Gasteiger charge is -2.26. The van der Waals surface area contributed by atoms with Gasteiger partial charge in [0.2, 0.25) is 0 Å². The Kier molecular flexibility index (Phi) is 3.30. The minimum absolute atomic E-state index is 0.0505. The lowest BCUT2D eigenvalue weighted by atomic mass is 9.77. The maximum Gasteiger partial charge on any atom is 0.320 e. The molecule has 2 rings (SSSR count). The number of hydrogen-bond acceptors (Lipinski definition) is 3. The SMILES string of the molecule is COC(=O)[C@]1(c2ccc(F)c(F)c2C)C=C(O)CC1. The maximum absolute atomic E-state index is 13.7. The van der Waals surface area contributed by atoms with Gasteiger partial charge in [0.1, 0.15) is 5.41 Å². The third-order valence-corrected chi connectivity index (χ3v) is 3.56. The number of aliphatic hydroxyl groups excluding tert-OH is 1. The number of rotatable bonds is 2. The van der Waals surface area contributed by atoms with Gasteiger partial charge in [-0.25, -0.2) is 8.78 Å². The van der Waals surface area contributed by atoms with Crippen LogP contribution in [0.4, 0.5) is 8.78 Å². The zero-order chi connectivity index (χ0) is 14.2. The van der Waals surface area contributed by atoms with Crippen molar-refractivity contribution in [1.82, 2.24) is 0 Å². The van der Waals surface area contributed by atoms with Crippen LogP contribution in [0.1, 0.15) is 24.0 Å². The van der Waals surface area contributed by atoms with Crippen molar-refractivity contribution in [2.24, 2.45) is 0 Å². The second-order valence-electron chi connectivity index (χ2n) is 4.63. The molecule has 1 aromatic rings. The van der Waals surface area contributed by atoms with E-state index in [9.17, 15) is 18.7 Å². The second-order valence-corrected chi connectivity index (χ2v) is 4.63. The first-order chi connectivity index (χ1) is 8.92. The molecule has 3 nitrogen and oxygen atoms in total. The van der Waals surface area contributed by atoms with E-state index in [1.165, 1.54) is 26.2 Å². The van der Waals surface area contributed by atoms with Crippen LogP contribution in [0, 0.1) is 18.6 Å². The molecule has 0 amide bonds. The molecule has 1 N–H and O–H groups in total. The Hall–Kier alpha value is -1.91. The van der Waals surface area contributed by atoms with E-state index >= 15 is 0 Å². The van der Waals surface area contributed by atoms with E-state index in [-0.39, 0.29) is 17.7 Å². The first kappa shape index (κ1) is 13.5. The predicted octanol–water partition coefficient (Wildman–Crippen LogP) is 2.92. The van der Waals surface area contributed by atoms with Crippen LogP contribution in [-0.2, 0) is 14.9 Å². The molecule has 0 heterocycles. The fourth-order valence-corrected chi connectivity index (χ4v) is 2.55. The molecule has 102 valence electrons. The van der Waals surface area contributed by atoms with Crippen molar-refractivity contribution < 1.29 is 23.4 Å². The van der Waals surface area contributed by atoms with Gasteiger partial charge in [0.25, 0.3) is 0 Å². The topological polar surface area (TPSA) is 46.5 Å². The molecular weight excluding hydrogens is 254 g/mol. The minimum Gasteiger partial charge on any atom is -0.513 e. The molecule has 5 heteroatoms. The molecule has 1 aromatic carbocycles. The Balaban J connectivity index is 2.65. The van der Waals surface area contributed by atoms with Gasteiger partial charge in [-0.2, -0.15) is 0 Å². The van der Waals surface area contributed by atoms with Crippen LogP contribution >= 0.6 is 0 Å². The number of hydrogen-bond donors (Lipinski definition) is 1. The van der Waals surface area contributed by atoms with Crippen molar-refractivity contribution in [3.05, 3.63) is 46.7 Å². The van der Waals surface area contributed by atoms with Crippen molar-refractivity contribution in [3.8, 4) is 0 Å². The molecule has 19 heavy (non-hydrogen) atoms. The fraction of sp³-hybridized carbons (Fsp3) is 0.357. The predicted molar refractivity (Wildman–Crippen MR) is 64.7 cm³/mol. The standard InChI is InChI=1S/C14H14F2O3/c1-8-10(3-4-11(15)12(8)16)14(13(18)19-2)6-5-9(17)7-14/h3-4,7,17H,5-6H2,1-2H3/t14-/m0/s1. The third kappa shape index (κ3) is 1.99. The number of methoxy groups -OCH3 is 1. The zero-order valence-corrected chi connectivity index (χ0v) is 10.7. The van der Waals surface area contributed by atoms with Crippen molar-refractivity contribution in [3.63, 3.8) is 0 Å². The number of aliphatic hydroxyl groups is 1.